The topological polar surface area (TPSA) is 135 Å². The van der Waals surface area contributed by atoms with Crippen molar-refractivity contribution in [2.75, 3.05) is 0 Å². The first-order chi connectivity index (χ1) is 25.2. The number of hydrogen-bond donors (Lipinski definition) is 0. The van der Waals surface area contributed by atoms with Crippen molar-refractivity contribution in [3.63, 3.8) is 0 Å². The number of fused-ring (bicyclic) bond motifs is 1. The summed E-state index contributed by atoms with van der Waals surface area (Å²) in [6.07, 6.45) is -2.14. The van der Waals surface area contributed by atoms with Gasteiger partial charge in [0.25, 0.3) is 0 Å². The van der Waals surface area contributed by atoms with Crippen molar-refractivity contribution in [3.05, 3.63) is 119 Å². The van der Waals surface area contributed by atoms with Gasteiger partial charge in [0, 0.05) is 18.8 Å². The molecule has 0 spiro atoms. The van der Waals surface area contributed by atoms with E-state index >= 15 is 0 Å². The SMILES string of the molecule is CC(=O)O[C@@H]1[C@@H]2[C@H](C(OC(=O)c3ccccc3)[C@H](OC(=O)c3ccccc3)/C(C)=C/[C@@]34O[C@@]3(C[C@H](C)[C@@H]4OC(=O)c3ccccc3)C(=O)[C@H]1C)C2(C)C. The Morgan fingerprint density at radius 3 is 1.66 bits per heavy atom. The highest BCUT2D eigenvalue weighted by Crippen LogP contribution is 2.69. The van der Waals surface area contributed by atoms with Crippen molar-refractivity contribution in [2.24, 2.45) is 29.1 Å². The van der Waals surface area contributed by atoms with E-state index in [4.69, 9.17) is 23.7 Å². The van der Waals surface area contributed by atoms with E-state index in [2.05, 4.69) is 0 Å². The van der Waals surface area contributed by atoms with Crippen LogP contribution in [0.25, 0.3) is 0 Å². The van der Waals surface area contributed by atoms with Crippen molar-refractivity contribution in [1.29, 1.82) is 0 Å². The van der Waals surface area contributed by atoms with E-state index in [9.17, 15) is 24.0 Å². The highest BCUT2D eigenvalue weighted by molar-refractivity contribution is 5.97. The van der Waals surface area contributed by atoms with E-state index in [-0.39, 0.29) is 23.7 Å². The van der Waals surface area contributed by atoms with Crippen LogP contribution >= 0.6 is 0 Å². The van der Waals surface area contributed by atoms with Gasteiger partial charge in [-0.15, -0.1) is 0 Å². The summed E-state index contributed by atoms with van der Waals surface area (Å²) >= 11 is 0. The molecule has 7 rings (SSSR count). The zero-order valence-electron chi connectivity index (χ0n) is 30.6. The Labute approximate surface area is 308 Å². The predicted octanol–water partition coefficient (Wildman–Crippen LogP) is 6.58. The number of ketones is 1. The Morgan fingerprint density at radius 2 is 1.15 bits per heavy atom. The van der Waals surface area contributed by atoms with E-state index < -0.39 is 82.7 Å². The van der Waals surface area contributed by atoms with Crippen molar-refractivity contribution in [2.45, 2.75) is 83.6 Å². The van der Waals surface area contributed by atoms with Crippen molar-refractivity contribution >= 4 is 29.7 Å². The minimum atomic E-state index is -1.44. The number of Topliss-reactive ketones (excluding diaryl/α,β-unsaturated/α-hetero) is 1. The van der Waals surface area contributed by atoms with Gasteiger partial charge >= 0.3 is 23.9 Å². The average molecular weight is 721 g/mol. The third kappa shape index (κ3) is 6.16. The Kier molecular flexibility index (Phi) is 9.17. The van der Waals surface area contributed by atoms with Gasteiger partial charge in [-0.1, -0.05) is 82.3 Å². The molecular weight excluding hydrogens is 676 g/mol. The van der Waals surface area contributed by atoms with Gasteiger partial charge in [-0.2, -0.15) is 0 Å². The van der Waals surface area contributed by atoms with Gasteiger partial charge in [-0.05, 0) is 72.7 Å². The number of epoxide rings is 1. The lowest BCUT2D eigenvalue weighted by Crippen LogP contribution is -2.43. The summed E-state index contributed by atoms with van der Waals surface area (Å²) in [5, 5.41) is 0. The highest BCUT2D eigenvalue weighted by atomic mass is 16.7. The average Bonchev–Trinajstić information content (AvgIpc) is 3.94. The maximum Gasteiger partial charge on any atom is 0.338 e. The molecule has 0 radical (unpaired) electrons. The molecule has 3 aromatic carbocycles. The van der Waals surface area contributed by atoms with Gasteiger partial charge in [0.1, 0.15) is 18.3 Å². The first kappa shape index (κ1) is 36.3. The van der Waals surface area contributed by atoms with Crippen LogP contribution in [0.2, 0.25) is 0 Å². The van der Waals surface area contributed by atoms with Gasteiger partial charge in [-0.25, -0.2) is 14.4 Å². The zero-order chi connectivity index (χ0) is 37.9. The van der Waals surface area contributed by atoms with Crippen LogP contribution < -0.4 is 0 Å². The van der Waals surface area contributed by atoms with Gasteiger partial charge in [0.2, 0.25) is 0 Å². The monoisotopic (exact) mass is 720 g/mol. The third-order valence-electron chi connectivity index (χ3n) is 11.7. The molecule has 10 heteroatoms. The van der Waals surface area contributed by atoms with Crippen molar-refractivity contribution in [3.8, 4) is 0 Å². The van der Waals surface area contributed by atoms with Gasteiger partial charge < -0.3 is 23.7 Å². The highest BCUT2D eigenvalue weighted by Gasteiger charge is 2.84. The molecule has 0 amide bonds. The van der Waals surface area contributed by atoms with Crippen molar-refractivity contribution in [1.82, 2.24) is 0 Å². The third-order valence-corrected chi connectivity index (χ3v) is 11.7. The molecule has 4 aliphatic rings. The molecule has 3 aromatic rings. The lowest BCUT2D eigenvalue weighted by Gasteiger charge is -2.31. The van der Waals surface area contributed by atoms with Crippen LogP contribution in [0, 0.1) is 29.1 Å². The fourth-order valence-electron chi connectivity index (χ4n) is 9.12. The Morgan fingerprint density at radius 1 is 0.679 bits per heavy atom. The van der Waals surface area contributed by atoms with E-state index in [1.807, 2.05) is 20.8 Å². The molecule has 0 N–H and O–H groups in total. The fraction of sp³-hybridized carbons (Fsp3) is 0.419. The lowest BCUT2D eigenvalue weighted by molar-refractivity contribution is -0.154. The molecule has 10 nitrogen and oxygen atoms in total. The number of ether oxygens (including phenoxy) is 5. The molecule has 2 saturated carbocycles. The summed E-state index contributed by atoms with van der Waals surface area (Å²) in [4.78, 5) is 68.9. The van der Waals surface area contributed by atoms with Crippen molar-refractivity contribution < 1.29 is 47.7 Å². The molecular formula is C43H44O10. The smallest absolute Gasteiger partial charge is 0.338 e. The summed E-state index contributed by atoms with van der Waals surface area (Å²) in [6.45, 7) is 10.6. The van der Waals surface area contributed by atoms with E-state index in [1.54, 1.807) is 111 Å². The zero-order valence-corrected chi connectivity index (χ0v) is 30.6. The summed E-state index contributed by atoms with van der Waals surface area (Å²) in [5.41, 5.74) is -2.12. The number of benzene rings is 3. The number of carbonyl (C=O) groups is 5. The standard InChI is InChI=1S/C43H44O10/c1-24-22-43-37(52-40(48)30-20-14-9-15-21-30)25(2)23-42(43,53-43)36(45)26(3)34(49-27(4)44)31-32(41(31,5)6)35(51-39(47)29-18-12-8-13-19-29)33(24)50-38(46)28-16-10-7-11-17-28/h7-22,25-26,31-35,37H,23H2,1-6H3/b24-22+/t25-,26-,31-,32+,33+,34-,35?,37-,42-,43-/m0/s1. The summed E-state index contributed by atoms with van der Waals surface area (Å²) < 4.78 is 31.5. The molecule has 0 aromatic heterocycles. The summed E-state index contributed by atoms with van der Waals surface area (Å²) in [7, 11) is 0. The summed E-state index contributed by atoms with van der Waals surface area (Å²) in [6, 6.07) is 25.5. The van der Waals surface area contributed by atoms with E-state index in [0.29, 0.717) is 16.7 Å². The molecule has 53 heavy (non-hydrogen) atoms. The first-order valence-corrected chi connectivity index (χ1v) is 18.1. The first-order valence-electron chi connectivity index (χ1n) is 18.1. The van der Waals surface area contributed by atoms with Crippen LogP contribution in [-0.4, -0.2) is 65.3 Å². The van der Waals surface area contributed by atoms with Crippen LogP contribution in [0.4, 0.5) is 0 Å². The molecule has 3 aliphatic carbocycles. The predicted molar refractivity (Wildman–Crippen MR) is 192 cm³/mol. The molecule has 1 aliphatic heterocycles. The molecule has 3 fully saturated rings. The Balaban J connectivity index is 1.39. The maximum atomic E-state index is 14.9. The van der Waals surface area contributed by atoms with Crippen LogP contribution in [0.5, 0.6) is 0 Å². The Hall–Kier alpha value is -5.09. The van der Waals surface area contributed by atoms with Gasteiger partial charge in [0.05, 0.1) is 22.6 Å². The number of esters is 4. The second-order valence-electron chi connectivity index (χ2n) is 15.5. The van der Waals surface area contributed by atoms with Gasteiger partial charge in [-0.3, -0.25) is 9.59 Å². The minimum Gasteiger partial charge on any atom is -0.461 e. The molecule has 1 saturated heterocycles. The number of rotatable bonds is 7. The minimum absolute atomic E-state index is 0.234. The lowest BCUT2D eigenvalue weighted by atomic mass is 9.80. The molecule has 1 unspecified atom stereocenters. The fourth-order valence-corrected chi connectivity index (χ4v) is 9.12. The van der Waals surface area contributed by atoms with Crippen LogP contribution in [0.1, 0.15) is 79.0 Å². The molecule has 276 valence electrons. The number of hydrogen-bond acceptors (Lipinski definition) is 10. The second kappa shape index (κ2) is 13.4. The van der Waals surface area contributed by atoms with E-state index in [1.165, 1.54) is 6.92 Å². The maximum absolute atomic E-state index is 14.9. The Bertz CT molecular complexity index is 1960. The van der Waals surface area contributed by atoms with Crippen LogP contribution in [0.15, 0.2) is 103 Å². The molecule has 10 atom stereocenters. The number of carbonyl (C=O) groups excluding carboxylic acids is 5. The molecule has 1 heterocycles. The molecule has 0 bridgehead atoms. The quantitative estimate of drug-likeness (QED) is 0.114. The second-order valence-corrected chi connectivity index (χ2v) is 15.5. The normalized spacial score (nSPS) is 34.7. The largest absolute Gasteiger partial charge is 0.461 e. The van der Waals surface area contributed by atoms with Crippen LogP contribution in [-0.2, 0) is 33.3 Å². The van der Waals surface area contributed by atoms with Gasteiger partial charge in [0.15, 0.2) is 23.1 Å². The van der Waals surface area contributed by atoms with Crippen LogP contribution in [0.3, 0.4) is 0 Å². The van der Waals surface area contributed by atoms with E-state index in [0.717, 1.165) is 0 Å². The summed E-state index contributed by atoms with van der Waals surface area (Å²) in [5.74, 6) is -4.87.